The zero-order chi connectivity index (χ0) is 18.0. The predicted octanol–water partition coefficient (Wildman–Crippen LogP) is 1.85. The van der Waals surface area contributed by atoms with Crippen LogP contribution in [0.15, 0.2) is 18.2 Å². The molecule has 0 aliphatic carbocycles. The van der Waals surface area contributed by atoms with Crippen LogP contribution in [0, 0.1) is 17.6 Å². The maximum absolute atomic E-state index is 13.2. The van der Waals surface area contributed by atoms with Crippen LogP contribution in [0.3, 0.4) is 0 Å². The number of hydrogen-bond acceptors (Lipinski definition) is 4. The highest BCUT2D eigenvalue weighted by molar-refractivity contribution is 6.16. The lowest BCUT2D eigenvalue weighted by molar-refractivity contribution is -0.144. The van der Waals surface area contributed by atoms with E-state index in [1.165, 1.54) is 6.07 Å². The van der Waals surface area contributed by atoms with Crippen LogP contribution >= 0.6 is 0 Å². The van der Waals surface area contributed by atoms with Crippen molar-refractivity contribution in [3.8, 4) is 0 Å². The van der Waals surface area contributed by atoms with Gasteiger partial charge in [-0.25, -0.2) is 13.6 Å². The van der Waals surface area contributed by atoms with Crippen molar-refractivity contribution < 1.29 is 23.2 Å². The van der Waals surface area contributed by atoms with Crippen molar-refractivity contribution in [1.29, 1.82) is 0 Å². The molecule has 8 heteroatoms. The second kappa shape index (κ2) is 7.04. The molecular weight excluding hydrogens is 320 g/mol. The molecule has 2 unspecified atom stereocenters. The molecule has 4 amide bonds. The number of nitrogens with two attached hydrogens (primary N) is 1. The Morgan fingerprint density at radius 1 is 1.21 bits per heavy atom. The SMILES string of the molecule is CC(C)N1C(=O)NC(=O)C(CCC(N)c2ccc(F)c(F)c2)C1=O. The summed E-state index contributed by atoms with van der Waals surface area (Å²) in [5, 5.41) is 2.15. The molecule has 0 saturated carbocycles. The van der Waals surface area contributed by atoms with Gasteiger partial charge in [0.1, 0.15) is 5.92 Å². The van der Waals surface area contributed by atoms with Crippen molar-refractivity contribution in [2.24, 2.45) is 11.7 Å². The molecule has 0 aromatic heterocycles. The first-order chi connectivity index (χ1) is 11.2. The third kappa shape index (κ3) is 3.59. The van der Waals surface area contributed by atoms with Crippen molar-refractivity contribution in [3.63, 3.8) is 0 Å². The summed E-state index contributed by atoms with van der Waals surface area (Å²) in [5.74, 6) is -4.25. The maximum atomic E-state index is 13.2. The minimum absolute atomic E-state index is 0.0985. The molecule has 1 aromatic rings. The quantitative estimate of drug-likeness (QED) is 0.801. The molecule has 1 aromatic carbocycles. The van der Waals surface area contributed by atoms with E-state index >= 15 is 0 Å². The number of benzene rings is 1. The highest BCUT2D eigenvalue weighted by Gasteiger charge is 2.41. The molecule has 0 spiro atoms. The first kappa shape index (κ1) is 18.0. The van der Waals surface area contributed by atoms with Gasteiger partial charge in [-0.1, -0.05) is 6.07 Å². The molecule has 1 aliphatic rings. The van der Waals surface area contributed by atoms with Crippen molar-refractivity contribution in [1.82, 2.24) is 10.2 Å². The molecule has 1 heterocycles. The van der Waals surface area contributed by atoms with E-state index < -0.39 is 41.4 Å². The fourth-order valence-corrected chi connectivity index (χ4v) is 2.63. The second-order valence-electron chi connectivity index (χ2n) is 6.01. The third-order valence-corrected chi connectivity index (χ3v) is 3.96. The molecule has 24 heavy (non-hydrogen) atoms. The fraction of sp³-hybridized carbons (Fsp3) is 0.438. The number of nitrogens with one attached hydrogen (secondary N) is 1. The normalized spacial score (nSPS) is 19.7. The Balaban J connectivity index is 2.06. The van der Waals surface area contributed by atoms with Crippen LogP contribution in [0.25, 0.3) is 0 Å². The monoisotopic (exact) mass is 339 g/mol. The van der Waals surface area contributed by atoms with Gasteiger partial charge in [0.05, 0.1) is 0 Å². The number of amides is 4. The number of urea groups is 1. The van der Waals surface area contributed by atoms with Gasteiger partial charge in [0.15, 0.2) is 11.6 Å². The van der Waals surface area contributed by atoms with E-state index in [-0.39, 0.29) is 18.9 Å². The number of carbonyl (C=O) groups is 3. The number of carbonyl (C=O) groups excluding carboxylic acids is 3. The number of nitrogens with zero attached hydrogens (tertiary/aromatic N) is 1. The number of halogens is 2. The van der Waals surface area contributed by atoms with E-state index in [0.717, 1.165) is 17.0 Å². The van der Waals surface area contributed by atoms with Gasteiger partial charge in [0.2, 0.25) is 11.8 Å². The van der Waals surface area contributed by atoms with Crippen LogP contribution in [-0.4, -0.2) is 28.8 Å². The standard InChI is InChI=1S/C16H19F2N3O3/c1-8(2)21-15(23)10(14(22)20-16(21)24)4-6-13(19)9-3-5-11(17)12(18)7-9/h3,5,7-8,10,13H,4,6,19H2,1-2H3,(H,20,22,24). The van der Waals surface area contributed by atoms with Gasteiger partial charge in [-0.3, -0.25) is 19.8 Å². The Morgan fingerprint density at radius 2 is 1.88 bits per heavy atom. The van der Waals surface area contributed by atoms with Crippen molar-refractivity contribution in [3.05, 3.63) is 35.4 Å². The minimum Gasteiger partial charge on any atom is -0.324 e. The Labute approximate surface area is 138 Å². The van der Waals surface area contributed by atoms with Gasteiger partial charge in [0.25, 0.3) is 0 Å². The summed E-state index contributed by atoms with van der Waals surface area (Å²) in [7, 11) is 0. The van der Waals surface area contributed by atoms with E-state index in [1.54, 1.807) is 13.8 Å². The smallest absolute Gasteiger partial charge is 0.324 e. The topological polar surface area (TPSA) is 92.5 Å². The zero-order valence-corrected chi connectivity index (χ0v) is 13.4. The minimum atomic E-state index is -1.03. The van der Waals surface area contributed by atoms with Gasteiger partial charge in [0, 0.05) is 12.1 Å². The maximum Gasteiger partial charge on any atom is 0.331 e. The number of rotatable bonds is 5. The Hall–Kier alpha value is -2.35. The summed E-state index contributed by atoms with van der Waals surface area (Å²) in [5.41, 5.74) is 6.30. The highest BCUT2D eigenvalue weighted by atomic mass is 19.2. The van der Waals surface area contributed by atoms with Gasteiger partial charge in [-0.15, -0.1) is 0 Å². The van der Waals surface area contributed by atoms with Gasteiger partial charge >= 0.3 is 6.03 Å². The summed E-state index contributed by atoms with van der Waals surface area (Å²) in [4.78, 5) is 36.9. The van der Waals surface area contributed by atoms with Crippen LogP contribution in [-0.2, 0) is 9.59 Å². The van der Waals surface area contributed by atoms with E-state index in [2.05, 4.69) is 5.32 Å². The molecule has 2 rings (SSSR count). The van der Waals surface area contributed by atoms with E-state index in [1.807, 2.05) is 0 Å². The molecule has 1 saturated heterocycles. The summed E-state index contributed by atoms with van der Waals surface area (Å²) >= 11 is 0. The molecule has 0 radical (unpaired) electrons. The lowest BCUT2D eigenvalue weighted by Crippen LogP contribution is -2.59. The van der Waals surface area contributed by atoms with Gasteiger partial charge in [-0.05, 0) is 44.4 Å². The largest absolute Gasteiger partial charge is 0.331 e. The second-order valence-corrected chi connectivity index (χ2v) is 6.01. The first-order valence-electron chi connectivity index (χ1n) is 7.60. The lowest BCUT2D eigenvalue weighted by atomic mass is 9.93. The zero-order valence-electron chi connectivity index (χ0n) is 13.4. The van der Waals surface area contributed by atoms with Gasteiger partial charge < -0.3 is 5.73 Å². The predicted molar refractivity (Wildman–Crippen MR) is 81.5 cm³/mol. The Kier molecular flexibility index (Phi) is 5.28. The Bertz CT molecular complexity index is 679. The van der Waals surface area contributed by atoms with Crippen molar-refractivity contribution in [2.45, 2.75) is 38.8 Å². The van der Waals surface area contributed by atoms with Crippen LogP contribution < -0.4 is 11.1 Å². The van der Waals surface area contributed by atoms with Crippen LogP contribution in [0.2, 0.25) is 0 Å². The summed E-state index contributed by atoms with van der Waals surface area (Å²) in [6.07, 6.45) is 0.302. The fourth-order valence-electron chi connectivity index (χ4n) is 2.63. The molecule has 130 valence electrons. The molecular formula is C16H19F2N3O3. The average molecular weight is 339 g/mol. The van der Waals surface area contributed by atoms with Crippen LogP contribution in [0.5, 0.6) is 0 Å². The van der Waals surface area contributed by atoms with E-state index in [4.69, 9.17) is 5.73 Å². The summed E-state index contributed by atoms with van der Waals surface area (Å²) in [6, 6.07) is 1.55. The number of imide groups is 2. The molecule has 2 atom stereocenters. The molecule has 6 nitrogen and oxygen atoms in total. The number of barbiturate groups is 1. The van der Waals surface area contributed by atoms with Crippen molar-refractivity contribution >= 4 is 17.8 Å². The van der Waals surface area contributed by atoms with Crippen molar-refractivity contribution in [2.75, 3.05) is 0 Å². The van der Waals surface area contributed by atoms with Gasteiger partial charge in [-0.2, -0.15) is 0 Å². The highest BCUT2D eigenvalue weighted by Crippen LogP contribution is 2.24. The molecule has 1 aliphatic heterocycles. The molecule has 3 N–H and O–H groups in total. The van der Waals surface area contributed by atoms with Crippen LogP contribution in [0.1, 0.15) is 38.3 Å². The third-order valence-electron chi connectivity index (χ3n) is 3.96. The summed E-state index contributed by atoms with van der Waals surface area (Å²) < 4.78 is 26.2. The molecule has 1 fully saturated rings. The first-order valence-corrected chi connectivity index (χ1v) is 7.60. The molecule has 0 bridgehead atoms. The average Bonchev–Trinajstić information content (AvgIpc) is 2.48. The van der Waals surface area contributed by atoms with Crippen LogP contribution in [0.4, 0.5) is 13.6 Å². The van der Waals surface area contributed by atoms with E-state index in [0.29, 0.717) is 5.56 Å². The van der Waals surface area contributed by atoms with E-state index in [9.17, 15) is 23.2 Å². The Morgan fingerprint density at radius 3 is 2.46 bits per heavy atom. The summed E-state index contributed by atoms with van der Waals surface area (Å²) in [6.45, 7) is 3.33. The lowest BCUT2D eigenvalue weighted by Gasteiger charge is -2.33. The number of hydrogen-bond donors (Lipinski definition) is 2.